The van der Waals surface area contributed by atoms with Crippen LogP contribution in [0.15, 0.2) is 200 Å². The van der Waals surface area contributed by atoms with Crippen molar-refractivity contribution in [1.29, 1.82) is 0 Å². The van der Waals surface area contributed by atoms with Gasteiger partial charge in [-0.15, -0.1) is 11.3 Å². The van der Waals surface area contributed by atoms with Crippen molar-refractivity contribution in [2.24, 2.45) is 0 Å². The monoisotopic (exact) mass is 822 g/mol. The number of thiophene rings is 1. The second kappa shape index (κ2) is 14.4. The highest BCUT2D eigenvalue weighted by Gasteiger charge is 2.23. The molecular formula is C58H38N4S. The third-order valence-corrected chi connectivity index (χ3v) is 14.0. The van der Waals surface area contributed by atoms with E-state index < -0.39 is 0 Å². The summed E-state index contributed by atoms with van der Waals surface area (Å²) in [6, 6.07) is 70.2. The molecule has 0 saturated heterocycles. The minimum atomic E-state index is 0.678. The number of para-hydroxylation sites is 2. The Bertz CT molecular complexity index is 3760. The molecule has 0 bridgehead atoms. The van der Waals surface area contributed by atoms with Gasteiger partial charge < -0.3 is 4.57 Å². The second-order valence-electron chi connectivity index (χ2n) is 16.5. The molecule has 0 radical (unpaired) electrons. The van der Waals surface area contributed by atoms with Gasteiger partial charge in [0.05, 0.1) is 38.0 Å². The van der Waals surface area contributed by atoms with Crippen LogP contribution in [0.25, 0.3) is 115 Å². The number of aryl methyl sites for hydroxylation is 1. The van der Waals surface area contributed by atoms with Crippen molar-refractivity contribution in [2.75, 3.05) is 0 Å². The summed E-state index contributed by atoms with van der Waals surface area (Å²) >= 11 is 1.76. The van der Waals surface area contributed by atoms with Crippen LogP contribution >= 0.6 is 11.3 Å². The fourth-order valence-electron chi connectivity index (χ4n) is 9.82. The van der Waals surface area contributed by atoms with E-state index >= 15 is 0 Å². The number of benzene rings is 8. The van der Waals surface area contributed by atoms with Crippen molar-refractivity contribution in [3.05, 3.63) is 211 Å². The zero-order valence-electron chi connectivity index (χ0n) is 34.2. The maximum atomic E-state index is 5.58. The van der Waals surface area contributed by atoms with E-state index in [0.717, 1.165) is 51.0 Å². The first-order valence-corrected chi connectivity index (χ1v) is 22.4. The minimum Gasteiger partial charge on any atom is -0.309 e. The maximum Gasteiger partial charge on any atom is 0.235 e. The smallest absolute Gasteiger partial charge is 0.235 e. The van der Waals surface area contributed by atoms with Crippen LogP contribution in [-0.4, -0.2) is 19.1 Å². The van der Waals surface area contributed by atoms with Gasteiger partial charge in [0.1, 0.15) is 0 Å². The van der Waals surface area contributed by atoms with Crippen LogP contribution in [-0.2, 0) is 6.42 Å². The molecule has 13 rings (SSSR count). The average Bonchev–Trinajstić information content (AvgIpc) is 4.05. The summed E-state index contributed by atoms with van der Waals surface area (Å²) in [5, 5.41) is 4.87. The molecule has 1 aliphatic rings. The fourth-order valence-corrected chi connectivity index (χ4v) is 10.9. The Labute approximate surface area is 368 Å². The molecule has 63 heavy (non-hydrogen) atoms. The number of rotatable bonds is 6. The second-order valence-corrected chi connectivity index (χ2v) is 17.5. The van der Waals surface area contributed by atoms with Crippen LogP contribution in [0.2, 0.25) is 0 Å². The van der Waals surface area contributed by atoms with Crippen LogP contribution in [0, 0.1) is 0 Å². The van der Waals surface area contributed by atoms with E-state index in [9.17, 15) is 0 Å². The highest BCUT2D eigenvalue weighted by molar-refractivity contribution is 7.22. The number of fused-ring (bicyclic) bond motifs is 9. The topological polar surface area (TPSA) is 35.6 Å². The predicted octanol–water partition coefficient (Wildman–Crippen LogP) is 15.5. The molecule has 12 aromatic rings. The fraction of sp³-hybridized carbons (Fsp3) is 0.0345. The third kappa shape index (κ3) is 5.81. The summed E-state index contributed by atoms with van der Waals surface area (Å²) in [6.45, 7) is 0. The lowest BCUT2D eigenvalue weighted by atomic mass is 9.94. The maximum absolute atomic E-state index is 5.58. The molecule has 1 aliphatic carbocycles. The molecule has 0 saturated carbocycles. The van der Waals surface area contributed by atoms with Gasteiger partial charge in [0.25, 0.3) is 0 Å². The standard InChI is InChI=1S/C58H38N4S/c1-4-14-37(15-5-1)38-24-26-41(27-25-38)55-57-50(36-54(63-57)40-17-6-2-7-18-40)59-58(60-55)62-53-33-30-43(35-49(53)47-31-28-39-16-10-11-21-45(39)56(47)62)42-29-32-52-48(34-42)46-22-12-13-23-51(46)61(52)44-19-8-3-9-20-44/h1-9,11-15,17-36H,10,16H2. The Morgan fingerprint density at radius 2 is 1.05 bits per heavy atom. The van der Waals surface area contributed by atoms with Gasteiger partial charge in [-0.05, 0) is 94.8 Å². The van der Waals surface area contributed by atoms with Crippen LogP contribution in [0.1, 0.15) is 17.5 Å². The Balaban J connectivity index is 1.03. The highest BCUT2D eigenvalue weighted by Crippen LogP contribution is 2.43. The quantitative estimate of drug-likeness (QED) is 0.167. The van der Waals surface area contributed by atoms with Gasteiger partial charge in [-0.2, -0.15) is 0 Å². The Kier molecular flexibility index (Phi) is 8.18. The Hall–Kier alpha value is -7.86. The normalized spacial score (nSPS) is 12.6. The predicted molar refractivity (Wildman–Crippen MR) is 265 cm³/mol. The van der Waals surface area contributed by atoms with Gasteiger partial charge in [-0.25, -0.2) is 9.97 Å². The van der Waals surface area contributed by atoms with Gasteiger partial charge in [-0.1, -0.05) is 158 Å². The first kappa shape index (κ1) is 35.9. The Morgan fingerprint density at radius 3 is 1.81 bits per heavy atom. The molecule has 0 aliphatic heterocycles. The van der Waals surface area contributed by atoms with E-state index in [1.54, 1.807) is 11.3 Å². The first-order valence-electron chi connectivity index (χ1n) is 21.6. The van der Waals surface area contributed by atoms with Crippen molar-refractivity contribution in [3.8, 4) is 55.6 Å². The van der Waals surface area contributed by atoms with Crippen molar-refractivity contribution in [2.45, 2.75) is 12.8 Å². The molecule has 0 spiro atoms. The average molecular weight is 823 g/mol. The molecule has 0 amide bonds. The molecule has 0 N–H and O–H groups in total. The van der Waals surface area contributed by atoms with Gasteiger partial charge in [0, 0.05) is 43.2 Å². The van der Waals surface area contributed by atoms with Crippen molar-refractivity contribution in [1.82, 2.24) is 19.1 Å². The zero-order valence-corrected chi connectivity index (χ0v) is 35.1. The lowest BCUT2D eigenvalue weighted by Gasteiger charge is -2.15. The summed E-state index contributed by atoms with van der Waals surface area (Å²) < 4.78 is 5.79. The van der Waals surface area contributed by atoms with Crippen molar-refractivity contribution in [3.63, 3.8) is 0 Å². The molecule has 0 atom stereocenters. The number of hydrogen-bond acceptors (Lipinski definition) is 3. The highest BCUT2D eigenvalue weighted by atomic mass is 32.1. The van der Waals surface area contributed by atoms with Crippen molar-refractivity contribution >= 4 is 71.2 Å². The number of allylic oxidation sites excluding steroid dienone is 1. The summed E-state index contributed by atoms with van der Waals surface area (Å²) in [5.74, 6) is 0.678. The molecule has 4 aromatic heterocycles. The number of hydrogen-bond donors (Lipinski definition) is 0. The molecule has 0 unspecified atom stereocenters. The van der Waals surface area contributed by atoms with E-state index in [2.05, 4.69) is 215 Å². The molecule has 8 aromatic carbocycles. The molecule has 0 fully saturated rings. The lowest BCUT2D eigenvalue weighted by molar-refractivity contribution is 0.977. The van der Waals surface area contributed by atoms with E-state index in [1.807, 2.05) is 0 Å². The van der Waals surface area contributed by atoms with Crippen LogP contribution < -0.4 is 0 Å². The summed E-state index contributed by atoms with van der Waals surface area (Å²) in [7, 11) is 0. The largest absolute Gasteiger partial charge is 0.309 e. The van der Waals surface area contributed by atoms with Gasteiger partial charge in [0.15, 0.2) is 0 Å². The van der Waals surface area contributed by atoms with E-state index in [-0.39, 0.29) is 0 Å². The first-order chi connectivity index (χ1) is 31.2. The van der Waals surface area contributed by atoms with Crippen LogP contribution in [0.4, 0.5) is 0 Å². The zero-order chi connectivity index (χ0) is 41.4. The minimum absolute atomic E-state index is 0.678. The molecule has 296 valence electrons. The lowest BCUT2D eigenvalue weighted by Crippen LogP contribution is -2.05. The third-order valence-electron chi connectivity index (χ3n) is 12.8. The number of nitrogens with zero attached hydrogens (tertiary/aromatic N) is 4. The summed E-state index contributed by atoms with van der Waals surface area (Å²) in [6.07, 6.45) is 6.67. The van der Waals surface area contributed by atoms with Crippen molar-refractivity contribution < 1.29 is 0 Å². The molecular weight excluding hydrogens is 785 g/mol. The number of aromatic nitrogens is 4. The molecule has 4 nitrogen and oxygen atoms in total. The van der Waals surface area contributed by atoms with E-state index in [4.69, 9.17) is 9.97 Å². The van der Waals surface area contributed by atoms with E-state index in [1.165, 1.54) is 76.4 Å². The van der Waals surface area contributed by atoms with E-state index in [0.29, 0.717) is 5.95 Å². The molecule has 5 heteroatoms. The van der Waals surface area contributed by atoms with Crippen LogP contribution in [0.3, 0.4) is 0 Å². The van der Waals surface area contributed by atoms with Crippen LogP contribution in [0.5, 0.6) is 0 Å². The van der Waals surface area contributed by atoms with Gasteiger partial charge >= 0.3 is 0 Å². The summed E-state index contributed by atoms with van der Waals surface area (Å²) in [5.41, 5.74) is 17.3. The van der Waals surface area contributed by atoms with Gasteiger partial charge in [-0.3, -0.25) is 4.57 Å². The SMILES string of the molecule is C1=Cc2c(ccc3c4cc(-c5ccc6c(c5)c5ccccc5n6-c5ccccc5)ccc4n(-c4nc(-c5ccc(-c6ccccc6)cc5)c5sc(-c6ccccc6)cc5n4)c23)CC1. The summed E-state index contributed by atoms with van der Waals surface area (Å²) in [4.78, 5) is 12.2. The Morgan fingerprint density at radius 1 is 0.444 bits per heavy atom. The van der Waals surface area contributed by atoms with Gasteiger partial charge in [0.2, 0.25) is 5.95 Å². The molecule has 4 heterocycles.